The van der Waals surface area contributed by atoms with E-state index < -0.39 is 0 Å². The minimum Gasteiger partial charge on any atom is -0.369 e. The molecule has 0 unspecified atom stereocenters. The molecule has 4 nitrogen and oxygen atoms in total. The molecule has 0 amide bonds. The van der Waals surface area contributed by atoms with E-state index in [0.717, 1.165) is 34.0 Å². The summed E-state index contributed by atoms with van der Waals surface area (Å²) in [6, 6.07) is 0. The first kappa shape index (κ1) is 12.5. The topological polar surface area (TPSA) is 50.7 Å². The van der Waals surface area contributed by atoms with Gasteiger partial charge in [0.05, 0.1) is 10.4 Å². The first-order chi connectivity index (χ1) is 9.25. The summed E-state index contributed by atoms with van der Waals surface area (Å²) in [5.41, 5.74) is 1.28. The summed E-state index contributed by atoms with van der Waals surface area (Å²) in [6.45, 7) is 5.10. The van der Waals surface area contributed by atoms with E-state index in [1.54, 1.807) is 29.0 Å². The molecule has 3 aromatic heterocycles. The van der Waals surface area contributed by atoms with Crippen molar-refractivity contribution in [3.05, 3.63) is 33.4 Å². The smallest absolute Gasteiger partial charge is 0.138 e. The number of aryl methyl sites for hydroxylation is 2. The Labute approximate surface area is 119 Å². The van der Waals surface area contributed by atoms with E-state index in [1.807, 2.05) is 11.6 Å². The summed E-state index contributed by atoms with van der Waals surface area (Å²) >= 11 is 3.41. The maximum absolute atomic E-state index is 4.37. The van der Waals surface area contributed by atoms with Crippen LogP contribution in [-0.2, 0) is 6.42 Å². The van der Waals surface area contributed by atoms with Crippen LogP contribution in [0.25, 0.3) is 10.2 Å². The number of fused-ring (bicyclic) bond motifs is 1. The van der Waals surface area contributed by atoms with Crippen LogP contribution in [0.2, 0.25) is 0 Å². The molecule has 3 rings (SSSR count). The molecular weight excluding hydrogens is 276 g/mol. The van der Waals surface area contributed by atoms with Crippen LogP contribution in [0.15, 0.2) is 17.9 Å². The molecule has 0 fully saturated rings. The van der Waals surface area contributed by atoms with Crippen molar-refractivity contribution in [2.45, 2.75) is 20.3 Å². The summed E-state index contributed by atoms with van der Waals surface area (Å²) in [5.74, 6) is 0.934. The van der Waals surface area contributed by atoms with Crippen LogP contribution >= 0.6 is 22.7 Å². The highest BCUT2D eigenvalue weighted by Crippen LogP contribution is 2.32. The average molecular weight is 290 g/mol. The third kappa shape index (κ3) is 2.46. The molecule has 0 spiro atoms. The Bertz CT molecular complexity index is 688. The van der Waals surface area contributed by atoms with E-state index in [9.17, 15) is 0 Å². The Hall–Kier alpha value is -1.53. The molecule has 1 N–H and O–H groups in total. The van der Waals surface area contributed by atoms with Crippen LogP contribution in [0, 0.1) is 13.8 Å². The predicted octanol–water partition coefficient (Wildman–Crippen LogP) is 3.42. The zero-order valence-electron chi connectivity index (χ0n) is 10.8. The van der Waals surface area contributed by atoms with E-state index in [2.05, 4.69) is 34.1 Å². The summed E-state index contributed by atoms with van der Waals surface area (Å²) in [6.07, 6.45) is 4.39. The standard InChI is InChI=1S/C13H14N4S2/c1-8-9(2)19-13-11(8)12(16-7-17-13)15-4-3-10-14-5-6-18-10/h5-7H,3-4H2,1-2H3,(H,15,16,17). The summed E-state index contributed by atoms with van der Waals surface area (Å²) < 4.78 is 0. The fraction of sp³-hybridized carbons (Fsp3) is 0.308. The molecule has 0 aliphatic heterocycles. The van der Waals surface area contributed by atoms with Gasteiger partial charge < -0.3 is 5.32 Å². The van der Waals surface area contributed by atoms with Gasteiger partial charge in [0, 0.05) is 29.4 Å². The molecule has 19 heavy (non-hydrogen) atoms. The second-order valence-corrected chi connectivity index (χ2v) is 6.47. The first-order valence-electron chi connectivity index (χ1n) is 6.08. The highest BCUT2D eigenvalue weighted by atomic mass is 32.1. The van der Waals surface area contributed by atoms with Gasteiger partial charge in [-0.1, -0.05) is 0 Å². The van der Waals surface area contributed by atoms with Crippen molar-refractivity contribution in [3.63, 3.8) is 0 Å². The maximum Gasteiger partial charge on any atom is 0.138 e. The molecule has 6 heteroatoms. The van der Waals surface area contributed by atoms with Crippen LogP contribution < -0.4 is 5.32 Å². The molecule has 0 saturated heterocycles. The van der Waals surface area contributed by atoms with Crippen LogP contribution in [-0.4, -0.2) is 21.5 Å². The van der Waals surface area contributed by atoms with Gasteiger partial charge in [-0.25, -0.2) is 15.0 Å². The second-order valence-electron chi connectivity index (χ2n) is 4.29. The number of anilines is 1. The third-order valence-corrected chi connectivity index (χ3v) is 5.03. The molecule has 3 heterocycles. The molecule has 0 bridgehead atoms. The average Bonchev–Trinajstić information content (AvgIpc) is 3.00. The number of aromatic nitrogens is 3. The number of rotatable bonds is 4. The van der Waals surface area contributed by atoms with Crippen molar-refractivity contribution in [1.82, 2.24) is 15.0 Å². The van der Waals surface area contributed by atoms with Gasteiger partial charge >= 0.3 is 0 Å². The summed E-state index contributed by atoms with van der Waals surface area (Å²) in [4.78, 5) is 15.3. The Morgan fingerprint density at radius 1 is 1.21 bits per heavy atom. The fourth-order valence-electron chi connectivity index (χ4n) is 1.98. The van der Waals surface area contributed by atoms with Gasteiger partial charge in [0.25, 0.3) is 0 Å². The zero-order chi connectivity index (χ0) is 13.2. The number of hydrogen-bond donors (Lipinski definition) is 1. The van der Waals surface area contributed by atoms with Gasteiger partial charge in [-0.3, -0.25) is 0 Å². The van der Waals surface area contributed by atoms with Gasteiger partial charge in [0.1, 0.15) is 17.0 Å². The normalized spacial score (nSPS) is 11.1. The van der Waals surface area contributed by atoms with Crippen LogP contribution in [0.3, 0.4) is 0 Å². The Kier molecular flexibility index (Phi) is 3.44. The molecule has 0 radical (unpaired) electrons. The SMILES string of the molecule is Cc1sc2ncnc(NCCc3nccs3)c2c1C. The van der Waals surface area contributed by atoms with E-state index in [4.69, 9.17) is 0 Å². The Morgan fingerprint density at radius 3 is 2.89 bits per heavy atom. The molecule has 98 valence electrons. The predicted molar refractivity (Wildman–Crippen MR) is 81.2 cm³/mol. The van der Waals surface area contributed by atoms with Crippen molar-refractivity contribution in [2.75, 3.05) is 11.9 Å². The summed E-state index contributed by atoms with van der Waals surface area (Å²) in [5, 5.41) is 7.71. The fourth-order valence-corrected chi connectivity index (χ4v) is 3.60. The number of hydrogen-bond acceptors (Lipinski definition) is 6. The quantitative estimate of drug-likeness (QED) is 0.800. The molecule has 0 saturated carbocycles. The third-order valence-electron chi connectivity index (χ3n) is 3.08. The van der Waals surface area contributed by atoms with Crippen molar-refractivity contribution in [2.24, 2.45) is 0 Å². The summed E-state index contributed by atoms with van der Waals surface area (Å²) in [7, 11) is 0. The molecular formula is C13H14N4S2. The van der Waals surface area contributed by atoms with E-state index >= 15 is 0 Å². The van der Waals surface area contributed by atoms with Crippen molar-refractivity contribution >= 4 is 38.7 Å². The second kappa shape index (κ2) is 5.22. The number of nitrogens with zero attached hydrogens (tertiary/aromatic N) is 3. The highest BCUT2D eigenvalue weighted by Gasteiger charge is 2.11. The van der Waals surface area contributed by atoms with E-state index in [1.165, 1.54) is 10.4 Å². The number of thiazole rings is 1. The first-order valence-corrected chi connectivity index (χ1v) is 7.78. The van der Waals surface area contributed by atoms with Gasteiger partial charge in [0.15, 0.2) is 0 Å². The lowest BCUT2D eigenvalue weighted by Crippen LogP contribution is -2.06. The number of thiophene rings is 1. The van der Waals surface area contributed by atoms with E-state index in [0.29, 0.717) is 0 Å². The van der Waals surface area contributed by atoms with Gasteiger partial charge in [-0.05, 0) is 19.4 Å². The molecule has 0 atom stereocenters. The van der Waals surface area contributed by atoms with Crippen molar-refractivity contribution in [1.29, 1.82) is 0 Å². The molecule has 0 aliphatic carbocycles. The van der Waals surface area contributed by atoms with Gasteiger partial charge in [-0.15, -0.1) is 22.7 Å². The highest BCUT2D eigenvalue weighted by molar-refractivity contribution is 7.18. The Morgan fingerprint density at radius 2 is 2.11 bits per heavy atom. The Balaban J connectivity index is 1.80. The lowest BCUT2D eigenvalue weighted by Gasteiger charge is -2.06. The lowest BCUT2D eigenvalue weighted by atomic mass is 10.2. The van der Waals surface area contributed by atoms with Crippen LogP contribution in [0.1, 0.15) is 15.4 Å². The van der Waals surface area contributed by atoms with Gasteiger partial charge in [-0.2, -0.15) is 0 Å². The van der Waals surface area contributed by atoms with Crippen molar-refractivity contribution in [3.8, 4) is 0 Å². The lowest BCUT2D eigenvalue weighted by molar-refractivity contribution is 0.988. The molecule has 0 aromatic carbocycles. The number of nitrogens with one attached hydrogen (secondary N) is 1. The zero-order valence-corrected chi connectivity index (χ0v) is 12.4. The molecule has 3 aromatic rings. The maximum atomic E-state index is 4.37. The van der Waals surface area contributed by atoms with Gasteiger partial charge in [0.2, 0.25) is 0 Å². The minimum absolute atomic E-state index is 0.841. The largest absolute Gasteiger partial charge is 0.369 e. The minimum atomic E-state index is 0.841. The monoisotopic (exact) mass is 290 g/mol. The van der Waals surface area contributed by atoms with E-state index in [-0.39, 0.29) is 0 Å². The van der Waals surface area contributed by atoms with Crippen molar-refractivity contribution < 1.29 is 0 Å². The molecule has 0 aliphatic rings. The van der Waals surface area contributed by atoms with Crippen LogP contribution in [0.5, 0.6) is 0 Å². The van der Waals surface area contributed by atoms with Crippen LogP contribution in [0.4, 0.5) is 5.82 Å².